The largest absolute Gasteiger partial charge is 0.252 e. The third-order valence-corrected chi connectivity index (χ3v) is 9.26. The average molecular weight is 336 g/mol. The minimum absolute atomic E-state index is 0.228. The summed E-state index contributed by atoms with van der Waals surface area (Å²) in [6, 6.07) is 3.28. The van der Waals surface area contributed by atoms with Gasteiger partial charge in [-0.05, 0) is 24.3 Å². The summed E-state index contributed by atoms with van der Waals surface area (Å²) in [5.41, 5.74) is 0. The second-order valence-electron chi connectivity index (χ2n) is 4.98. The molecule has 1 saturated heterocycles. The molecule has 0 bridgehead atoms. The van der Waals surface area contributed by atoms with Gasteiger partial charge in [0.2, 0.25) is 10.0 Å². The van der Waals surface area contributed by atoms with Crippen LogP contribution in [0, 0.1) is 0 Å². The van der Waals surface area contributed by atoms with Gasteiger partial charge in [-0.3, -0.25) is 0 Å². The van der Waals surface area contributed by atoms with Crippen molar-refractivity contribution >= 4 is 31.4 Å². The normalized spacial score (nSPS) is 23.0. The number of hydrogen-bond acceptors (Lipinski definition) is 5. The van der Waals surface area contributed by atoms with Crippen LogP contribution < -0.4 is 0 Å². The molecule has 0 atom stereocenters. The second kappa shape index (κ2) is 5.06. The van der Waals surface area contributed by atoms with Crippen molar-refractivity contribution in [2.75, 3.05) is 26.2 Å². The highest BCUT2D eigenvalue weighted by atomic mass is 32.2. The molecule has 1 aromatic heterocycles. The Hall–Kier alpha value is -0.480. The van der Waals surface area contributed by atoms with Crippen LogP contribution in [0.1, 0.15) is 12.8 Å². The number of sulfonamides is 2. The van der Waals surface area contributed by atoms with Gasteiger partial charge in [0.05, 0.1) is 5.25 Å². The smallest absolute Gasteiger partial charge is 0.212 e. The molecular weight excluding hydrogens is 320 g/mol. The van der Waals surface area contributed by atoms with Crippen molar-refractivity contribution in [2.45, 2.75) is 22.3 Å². The van der Waals surface area contributed by atoms with Crippen molar-refractivity contribution in [2.24, 2.45) is 0 Å². The van der Waals surface area contributed by atoms with Gasteiger partial charge in [-0.2, -0.15) is 8.61 Å². The first-order chi connectivity index (χ1) is 9.42. The minimum atomic E-state index is -3.46. The van der Waals surface area contributed by atoms with E-state index in [2.05, 4.69) is 0 Å². The van der Waals surface area contributed by atoms with Gasteiger partial charge in [0.1, 0.15) is 4.21 Å². The van der Waals surface area contributed by atoms with Gasteiger partial charge >= 0.3 is 0 Å². The van der Waals surface area contributed by atoms with E-state index in [0.717, 1.165) is 12.8 Å². The maximum atomic E-state index is 12.3. The molecular formula is C11H16N2O4S3. The first kappa shape index (κ1) is 14.5. The van der Waals surface area contributed by atoms with Crippen LogP contribution in [0.5, 0.6) is 0 Å². The summed E-state index contributed by atoms with van der Waals surface area (Å²) in [7, 11) is -6.66. The topological polar surface area (TPSA) is 74.8 Å². The fourth-order valence-corrected chi connectivity index (χ4v) is 6.67. The van der Waals surface area contributed by atoms with Crippen molar-refractivity contribution in [3.05, 3.63) is 17.5 Å². The van der Waals surface area contributed by atoms with Gasteiger partial charge in [0.25, 0.3) is 10.0 Å². The van der Waals surface area contributed by atoms with Crippen molar-refractivity contribution in [3.63, 3.8) is 0 Å². The van der Waals surface area contributed by atoms with Crippen molar-refractivity contribution < 1.29 is 16.8 Å². The highest BCUT2D eigenvalue weighted by Crippen LogP contribution is 2.32. The zero-order chi connectivity index (χ0) is 14.4. The first-order valence-electron chi connectivity index (χ1n) is 6.45. The predicted molar refractivity (Wildman–Crippen MR) is 76.6 cm³/mol. The van der Waals surface area contributed by atoms with E-state index in [4.69, 9.17) is 0 Å². The number of rotatable bonds is 4. The Bertz CT molecular complexity index is 669. The lowest BCUT2D eigenvalue weighted by Crippen LogP contribution is -2.51. The summed E-state index contributed by atoms with van der Waals surface area (Å²) < 4.78 is 51.9. The minimum Gasteiger partial charge on any atom is -0.212 e. The van der Waals surface area contributed by atoms with Crippen LogP contribution in [0.2, 0.25) is 0 Å². The van der Waals surface area contributed by atoms with Crippen LogP contribution >= 0.6 is 11.3 Å². The Morgan fingerprint density at radius 2 is 1.60 bits per heavy atom. The number of nitrogens with zero attached hydrogens (tertiary/aromatic N) is 2. The van der Waals surface area contributed by atoms with E-state index in [1.807, 2.05) is 0 Å². The van der Waals surface area contributed by atoms with E-state index in [1.165, 1.54) is 19.9 Å². The van der Waals surface area contributed by atoms with E-state index in [-0.39, 0.29) is 31.4 Å². The molecule has 1 aliphatic heterocycles. The van der Waals surface area contributed by atoms with E-state index in [0.29, 0.717) is 4.21 Å². The molecule has 112 valence electrons. The summed E-state index contributed by atoms with van der Waals surface area (Å²) in [4.78, 5) is 0. The van der Waals surface area contributed by atoms with Crippen LogP contribution in [0.25, 0.3) is 0 Å². The van der Waals surface area contributed by atoms with Crippen molar-refractivity contribution in [1.29, 1.82) is 0 Å². The summed E-state index contributed by atoms with van der Waals surface area (Å²) >= 11 is 1.18. The van der Waals surface area contributed by atoms with Crippen LogP contribution in [0.3, 0.4) is 0 Å². The fraction of sp³-hybridized carbons (Fsp3) is 0.636. The summed E-state index contributed by atoms with van der Waals surface area (Å²) in [6.45, 7) is 0.964. The highest BCUT2D eigenvalue weighted by Gasteiger charge is 2.42. The number of hydrogen-bond donors (Lipinski definition) is 0. The number of thiophene rings is 1. The Morgan fingerprint density at radius 1 is 1.00 bits per heavy atom. The molecule has 2 heterocycles. The quantitative estimate of drug-likeness (QED) is 0.804. The molecule has 6 nitrogen and oxygen atoms in total. The summed E-state index contributed by atoms with van der Waals surface area (Å²) in [5.74, 6) is 0. The van der Waals surface area contributed by atoms with Gasteiger partial charge in [-0.25, -0.2) is 16.8 Å². The van der Waals surface area contributed by atoms with Crippen LogP contribution in [-0.2, 0) is 20.0 Å². The molecule has 20 heavy (non-hydrogen) atoms. The monoisotopic (exact) mass is 336 g/mol. The lowest BCUT2D eigenvalue weighted by molar-refractivity contribution is 0.273. The first-order valence-corrected chi connectivity index (χ1v) is 10.3. The summed E-state index contributed by atoms with van der Waals surface area (Å²) in [6.07, 6.45) is 1.46. The van der Waals surface area contributed by atoms with Crippen molar-refractivity contribution in [3.8, 4) is 0 Å². The predicted octanol–water partition coefficient (Wildman–Crippen LogP) is 0.547. The van der Waals surface area contributed by atoms with E-state index < -0.39 is 20.0 Å². The lowest BCUT2D eigenvalue weighted by atomic mass is 10.4. The zero-order valence-electron chi connectivity index (χ0n) is 10.8. The van der Waals surface area contributed by atoms with E-state index >= 15 is 0 Å². The molecule has 1 aromatic rings. The Labute approximate surface area is 123 Å². The standard InChI is InChI=1S/C11H16N2O4S3/c14-19(15,10-3-4-10)12-5-7-13(8-6-12)20(16,17)11-2-1-9-18-11/h1-2,9-10H,3-8H2. The fourth-order valence-electron chi connectivity index (χ4n) is 2.28. The average Bonchev–Trinajstić information content (AvgIpc) is 3.15. The van der Waals surface area contributed by atoms with Gasteiger partial charge in [0.15, 0.2) is 0 Å². The zero-order valence-corrected chi connectivity index (χ0v) is 13.3. The molecule has 1 aliphatic carbocycles. The molecule has 1 saturated carbocycles. The molecule has 2 fully saturated rings. The molecule has 2 aliphatic rings. The van der Waals surface area contributed by atoms with Crippen molar-refractivity contribution in [1.82, 2.24) is 8.61 Å². The van der Waals surface area contributed by atoms with E-state index in [1.54, 1.807) is 17.5 Å². The third kappa shape index (κ3) is 2.52. The SMILES string of the molecule is O=S(=O)(c1cccs1)N1CCN(S(=O)(=O)C2CC2)CC1. The van der Waals surface area contributed by atoms with Gasteiger partial charge in [0, 0.05) is 26.2 Å². The van der Waals surface area contributed by atoms with Crippen LogP contribution in [-0.4, -0.2) is 56.9 Å². The second-order valence-corrected chi connectivity index (χ2v) is 10.3. The Morgan fingerprint density at radius 3 is 2.10 bits per heavy atom. The van der Waals surface area contributed by atoms with Crippen LogP contribution in [0.15, 0.2) is 21.7 Å². The van der Waals surface area contributed by atoms with Gasteiger partial charge in [-0.1, -0.05) is 6.07 Å². The molecule has 9 heteroatoms. The lowest BCUT2D eigenvalue weighted by Gasteiger charge is -2.33. The van der Waals surface area contributed by atoms with Gasteiger partial charge < -0.3 is 0 Å². The Kier molecular flexibility index (Phi) is 3.66. The molecule has 0 amide bonds. The number of piperazine rings is 1. The highest BCUT2D eigenvalue weighted by molar-refractivity contribution is 7.91. The molecule has 0 spiro atoms. The Balaban J connectivity index is 1.70. The molecule has 3 rings (SSSR count). The molecule has 0 aromatic carbocycles. The maximum absolute atomic E-state index is 12.3. The van der Waals surface area contributed by atoms with E-state index in [9.17, 15) is 16.8 Å². The molecule has 0 N–H and O–H groups in total. The molecule has 0 unspecified atom stereocenters. The van der Waals surface area contributed by atoms with Crippen LogP contribution in [0.4, 0.5) is 0 Å². The molecule has 0 radical (unpaired) electrons. The summed E-state index contributed by atoms with van der Waals surface area (Å²) in [5, 5.41) is 1.49. The van der Waals surface area contributed by atoms with Gasteiger partial charge in [-0.15, -0.1) is 11.3 Å². The third-order valence-electron chi connectivity index (χ3n) is 3.59. The maximum Gasteiger partial charge on any atom is 0.252 e.